The van der Waals surface area contributed by atoms with Crippen molar-refractivity contribution in [3.8, 4) is 0 Å². The Morgan fingerprint density at radius 2 is 1.44 bits per heavy atom. The summed E-state index contributed by atoms with van der Waals surface area (Å²) >= 11 is 0. The predicted molar refractivity (Wildman–Crippen MR) is 95.4 cm³/mol. The molecule has 156 valence electrons. The lowest BCUT2D eigenvalue weighted by atomic mass is 9.58. The highest BCUT2D eigenvalue weighted by atomic mass is 16.4. The van der Waals surface area contributed by atoms with Gasteiger partial charge in [-0.25, -0.2) is 0 Å². The first-order chi connectivity index (χ1) is 12.1. The second-order valence-electron chi connectivity index (χ2n) is 11.0. The van der Waals surface area contributed by atoms with Gasteiger partial charge in [-0.05, 0) is 57.3 Å². The minimum atomic E-state index is -1.91. The van der Waals surface area contributed by atoms with Crippen molar-refractivity contribution >= 4 is 0 Å². The van der Waals surface area contributed by atoms with E-state index in [0.717, 1.165) is 0 Å². The van der Waals surface area contributed by atoms with Crippen LogP contribution in [0.5, 0.6) is 0 Å². The molecule has 7 N–H and O–H groups in total. The third kappa shape index (κ3) is 2.02. The summed E-state index contributed by atoms with van der Waals surface area (Å²) in [6, 6.07) is 0. The summed E-state index contributed by atoms with van der Waals surface area (Å²) in [6.07, 6.45) is -2.79. The molecule has 0 amide bonds. The average molecular weight is 386 g/mol. The van der Waals surface area contributed by atoms with Crippen LogP contribution < -0.4 is 0 Å². The molecule has 0 aromatic carbocycles. The van der Waals surface area contributed by atoms with Crippen molar-refractivity contribution in [1.82, 2.24) is 0 Å². The van der Waals surface area contributed by atoms with Gasteiger partial charge >= 0.3 is 0 Å². The monoisotopic (exact) mass is 386 g/mol. The molecule has 1 spiro atoms. The van der Waals surface area contributed by atoms with Gasteiger partial charge in [-0.2, -0.15) is 0 Å². The Morgan fingerprint density at radius 1 is 0.852 bits per heavy atom. The second kappa shape index (κ2) is 5.06. The zero-order chi connectivity index (χ0) is 20.4. The summed E-state index contributed by atoms with van der Waals surface area (Å²) in [5.74, 6) is -1.59. The Morgan fingerprint density at radius 3 is 2.04 bits per heavy atom. The van der Waals surface area contributed by atoms with Crippen LogP contribution in [-0.4, -0.2) is 76.5 Å². The maximum atomic E-state index is 11.7. The van der Waals surface area contributed by atoms with Gasteiger partial charge in [-0.15, -0.1) is 0 Å². The maximum Gasteiger partial charge on any atom is 0.106 e. The highest BCUT2D eigenvalue weighted by Crippen LogP contribution is 2.70. The fraction of sp³-hybridized carbons (Fsp3) is 1.00. The van der Waals surface area contributed by atoms with Crippen LogP contribution >= 0.6 is 0 Å². The molecular weight excluding hydrogens is 352 g/mol. The van der Waals surface area contributed by atoms with E-state index in [1.165, 1.54) is 0 Å². The zero-order valence-corrected chi connectivity index (χ0v) is 16.6. The van der Waals surface area contributed by atoms with E-state index in [1.807, 2.05) is 0 Å². The molecule has 0 heterocycles. The average Bonchev–Trinajstić information content (AvgIpc) is 2.71. The van der Waals surface area contributed by atoms with Crippen LogP contribution in [0.1, 0.15) is 59.8 Å². The minimum Gasteiger partial charge on any atom is -0.390 e. The molecule has 27 heavy (non-hydrogen) atoms. The topological polar surface area (TPSA) is 142 Å². The number of hydrogen-bond donors (Lipinski definition) is 7. The van der Waals surface area contributed by atoms with Gasteiger partial charge in [-0.1, -0.05) is 13.8 Å². The van der Waals surface area contributed by atoms with E-state index >= 15 is 0 Å². The molecule has 4 saturated carbocycles. The third-order valence-electron chi connectivity index (χ3n) is 9.28. The van der Waals surface area contributed by atoms with E-state index in [-0.39, 0.29) is 19.3 Å². The van der Waals surface area contributed by atoms with Crippen molar-refractivity contribution < 1.29 is 35.7 Å². The van der Waals surface area contributed by atoms with Crippen molar-refractivity contribution in [1.29, 1.82) is 0 Å². The quantitative estimate of drug-likeness (QED) is 0.291. The molecule has 0 saturated heterocycles. The highest BCUT2D eigenvalue weighted by molar-refractivity contribution is 5.28. The van der Waals surface area contributed by atoms with Gasteiger partial charge in [0.25, 0.3) is 0 Å². The Kier molecular flexibility index (Phi) is 3.75. The molecule has 0 radical (unpaired) electrons. The van der Waals surface area contributed by atoms with Crippen LogP contribution in [-0.2, 0) is 0 Å². The molecule has 2 bridgehead atoms. The van der Waals surface area contributed by atoms with Crippen LogP contribution in [0.3, 0.4) is 0 Å². The van der Waals surface area contributed by atoms with Gasteiger partial charge in [0.15, 0.2) is 0 Å². The lowest BCUT2D eigenvalue weighted by Gasteiger charge is -2.51. The van der Waals surface area contributed by atoms with Gasteiger partial charge in [0.05, 0.1) is 35.1 Å². The lowest BCUT2D eigenvalue weighted by Crippen LogP contribution is -2.62. The number of fused-ring (bicyclic) bond motifs is 2. The Bertz CT molecular complexity index is 657. The molecule has 0 aromatic rings. The van der Waals surface area contributed by atoms with Gasteiger partial charge in [-0.3, -0.25) is 0 Å². The Hall–Kier alpha value is -0.280. The summed E-state index contributed by atoms with van der Waals surface area (Å²) in [7, 11) is 0. The predicted octanol–water partition coefficient (Wildman–Crippen LogP) is -0.717. The van der Waals surface area contributed by atoms with Crippen molar-refractivity contribution in [2.75, 3.05) is 0 Å². The first kappa shape index (κ1) is 20.0. The lowest BCUT2D eigenvalue weighted by molar-refractivity contribution is -0.209. The summed E-state index contributed by atoms with van der Waals surface area (Å²) in [6.45, 7) is 6.33. The van der Waals surface area contributed by atoms with Gasteiger partial charge in [0.2, 0.25) is 0 Å². The Labute approximate surface area is 159 Å². The molecule has 4 aliphatic carbocycles. The summed E-state index contributed by atoms with van der Waals surface area (Å²) < 4.78 is 0. The first-order valence-electron chi connectivity index (χ1n) is 10.0. The van der Waals surface area contributed by atoms with E-state index < -0.39 is 63.4 Å². The minimum absolute atomic E-state index is 0.0855. The summed E-state index contributed by atoms with van der Waals surface area (Å²) in [5.41, 5.74) is -8.17. The number of hydrogen-bond acceptors (Lipinski definition) is 7. The van der Waals surface area contributed by atoms with Crippen LogP contribution in [0.15, 0.2) is 0 Å². The fourth-order valence-electron chi connectivity index (χ4n) is 7.87. The van der Waals surface area contributed by atoms with Gasteiger partial charge in [0, 0.05) is 11.3 Å². The molecule has 4 fully saturated rings. The van der Waals surface area contributed by atoms with Crippen molar-refractivity contribution in [2.45, 2.75) is 101 Å². The van der Waals surface area contributed by atoms with Gasteiger partial charge in [0.1, 0.15) is 5.60 Å². The SMILES string of the molecule is CC1(C)[C@@H](O)[C@H](O)[C@H]2[C@](C)(O)[C@@H]3CC[C@]4(O)C[C@@]3(C[C@@H](O)[C@@]21O)C[C@@]4(C)O. The molecule has 10 atom stereocenters. The highest BCUT2D eigenvalue weighted by Gasteiger charge is 2.78. The van der Waals surface area contributed by atoms with Gasteiger partial charge < -0.3 is 35.7 Å². The number of rotatable bonds is 0. The third-order valence-corrected chi connectivity index (χ3v) is 9.28. The van der Waals surface area contributed by atoms with Crippen LogP contribution in [0.25, 0.3) is 0 Å². The van der Waals surface area contributed by atoms with Crippen molar-refractivity contribution in [2.24, 2.45) is 22.7 Å². The standard InChI is InChI=1S/C20H34O7/c1-15(2)14(23)12(22)13-17(4,25)10-5-6-19(26)9-18(10,8-16(19,3)24)7-11(21)20(13,15)27/h10-14,21-27H,5-9H2,1-4H3/t10-,11+,12+,13-,14-,16+,17+,18+,19-,20+/m0/s1. The summed E-state index contributed by atoms with van der Waals surface area (Å²) in [5, 5.41) is 77.9. The largest absolute Gasteiger partial charge is 0.390 e. The van der Waals surface area contributed by atoms with Crippen molar-refractivity contribution in [3.63, 3.8) is 0 Å². The van der Waals surface area contributed by atoms with E-state index in [1.54, 1.807) is 27.7 Å². The van der Waals surface area contributed by atoms with E-state index in [4.69, 9.17) is 0 Å². The summed E-state index contributed by atoms with van der Waals surface area (Å²) in [4.78, 5) is 0. The normalized spacial score (nSPS) is 64.8. The second-order valence-corrected chi connectivity index (χ2v) is 11.0. The molecule has 0 unspecified atom stereocenters. The van der Waals surface area contributed by atoms with Crippen molar-refractivity contribution in [3.05, 3.63) is 0 Å². The molecule has 0 aromatic heterocycles. The van der Waals surface area contributed by atoms with Crippen LogP contribution in [0, 0.1) is 22.7 Å². The van der Waals surface area contributed by atoms with E-state index in [9.17, 15) is 35.7 Å². The van der Waals surface area contributed by atoms with Crippen LogP contribution in [0.4, 0.5) is 0 Å². The molecule has 4 aliphatic rings. The molecule has 7 heteroatoms. The molecule has 4 rings (SSSR count). The number of aliphatic hydroxyl groups excluding tert-OH is 3. The smallest absolute Gasteiger partial charge is 0.106 e. The van der Waals surface area contributed by atoms with E-state index in [0.29, 0.717) is 12.8 Å². The Balaban J connectivity index is 1.90. The molecule has 7 nitrogen and oxygen atoms in total. The molecular formula is C20H34O7. The number of aliphatic hydroxyl groups is 7. The molecule has 0 aliphatic heterocycles. The zero-order valence-electron chi connectivity index (χ0n) is 16.6. The maximum absolute atomic E-state index is 11.7. The fourth-order valence-corrected chi connectivity index (χ4v) is 7.87. The van der Waals surface area contributed by atoms with Crippen LogP contribution in [0.2, 0.25) is 0 Å². The first-order valence-corrected chi connectivity index (χ1v) is 10.0. The van der Waals surface area contributed by atoms with E-state index in [2.05, 4.69) is 0 Å².